The topological polar surface area (TPSA) is 65.6 Å². The number of methoxy groups -OCH3 is 1. The third-order valence-electron chi connectivity index (χ3n) is 7.11. The van der Waals surface area contributed by atoms with Crippen LogP contribution in [0.1, 0.15) is 29.3 Å². The van der Waals surface area contributed by atoms with Crippen LogP contribution >= 0.6 is 0 Å². The highest BCUT2D eigenvalue weighted by molar-refractivity contribution is 5.94. The summed E-state index contributed by atoms with van der Waals surface area (Å²) in [7, 11) is 1.63. The van der Waals surface area contributed by atoms with E-state index < -0.39 is 0 Å². The molecule has 1 aromatic heterocycles. The van der Waals surface area contributed by atoms with Crippen molar-refractivity contribution >= 4 is 28.3 Å². The molecule has 2 heterocycles. The number of aromatic nitrogens is 1. The number of carbonyl (C=O) groups excluding carboxylic acids is 2. The standard InChI is InChI=1S/C30H30FN3O3/c1-20(35)21-3-8-24(9-4-21)33-15-17-34(18-16-33)29(36)14-12-26-27-19-23(31)7-13-28(27)32-30(26)22-5-10-25(37-2)11-6-22/h3-11,13,19,32H,12,14-18H2,1-2H3. The minimum absolute atomic E-state index is 0.0510. The van der Waals surface area contributed by atoms with Crippen LogP contribution in [0.4, 0.5) is 10.1 Å². The summed E-state index contributed by atoms with van der Waals surface area (Å²) in [5.74, 6) is 0.609. The number of halogens is 1. The highest BCUT2D eigenvalue weighted by Gasteiger charge is 2.23. The number of aryl methyl sites for hydroxylation is 1. The van der Waals surface area contributed by atoms with E-state index in [1.165, 1.54) is 12.1 Å². The summed E-state index contributed by atoms with van der Waals surface area (Å²) >= 11 is 0. The Morgan fingerprint density at radius 2 is 1.65 bits per heavy atom. The molecule has 0 radical (unpaired) electrons. The third kappa shape index (κ3) is 5.21. The lowest BCUT2D eigenvalue weighted by Gasteiger charge is -2.36. The number of H-pyrrole nitrogens is 1. The van der Waals surface area contributed by atoms with Gasteiger partial charge in [0.1, 0.15) is 11.6 Å². The molecule has 1 N–H and O–H groups in total. The fourth-order valence-electron chi connectivity index (χ4n) is 4.99. The van der Waals surface area contributed by atoms with Crippen LogP contribution in [0.2, 0.25) is 0 Å². The molecule has 190 valence electrons. The lowest BCUT2D eigenvalue weighted by molar-refractivity contribution is -0.131. The number of nitrogens with zero attached hydrogens (tertiary/aromatic N) is 2. The number of ketones is 1. The van der Waals surface area contributed by atoms with Crippen molar-refractivity contribution in [2.45, 2.75) is 19.8 Å². The van der Waals surface area contributed by atoms with Crippen molar-refractivity contribution in [3.63, 3.8) is 0 Å². The number of benzene rings is 3. The Morgan fingerprint density at radius 3 is 2.30 bits per heavy atom. The average Bonchev–Trinajstić information content (AvgIpc) is 3.29. The zero-order chi connectivity index (χ0) is 25.9. The normalized spacial score (nSPS) is 13.7. The summed E-state index contributed by atoms with van der Waals surface area (Å²) < 4.78 is 19.4. The fraction of sp³-hybridized carbons (Fsp3) is 0.267. The Kier molecular flexibility index (Phi) is 6.95. The Labute approximate surface area is 215 Å². The van der Waals surface area contributed by atoms with Crippen LogP contribution in [0.3, 0.4) is 0 Å². The molecule has 0 saturated carbocycles. The van der Waals surface area contributed by atoms with E-state index >= 15 is 0 Å². The summed E-state index contributed by atoms with van der Waals surface area (Å²) in [6.45, 7) is 4.31. The summed E-state index contributed by atoms with van der Waals surface area (Å²) in [6.07, 6.45) is 0.857. The Hall–Kier alpha value is -4.13. The second kappa shape index (κ2) is 10.5. The predicted molar refractivity (Wildman–Crippen MR) is 144 cm³/mol. The first-order chi connectivity index (χ1) is 17.9. The molecule has 4 aromatic rings. The molecule has 1 aliphatic heterocycles. The van der Waals surface area contributed by atoms with Gasteiger partial charge in [-0.05, 0) is 91.2 Å². The van der Waals surface area contributed by atoms with E-state index in [1.807, 2.05) is 53.4 Å². The van der Waals surface area contributed by atoms with Gasteiger partial charge >= 0.3 is 0 Å². The minimum atomic E-state index is -0.298. The molecule has 5 rings (SSSR count). The number of hydrogen-bond acceptors (Lipinski definition) is 4. The van der Waals surface area contributed by atoms with Gasteiger partial charge in [0, 0.05) is 60.4 Å². The Balaban J connectivity index is 1.28. The van der Waals surface area contributed by atoms with Crippen molar-refractivity contribution in [2.75, 3.05) is 38.2 Å². The minimum Gasteiger partial charge on any atom is -0.497 e. The number of piperazine rings is 1. The van der Waals surface area contributed by atoms with Crippen molar-refractivity contribution in [1.29, 1.82) is 0 Å². The van der Waals surface area contributed by atoms with E-state index in [2.05, 4.69) is 9.88 Å². The van der Waals surface area contributed by atoms with Gasteiger partial charge in [0.05, 0.1) is 7.11 Å². The average molecular weight is 500 g/mol. The maximum atomic E-state index is 14.1. The first-order valence-electron chi connectivity index (χ1n) is 12.5. The van der Waals surface area contributed by atoms with Crippen molar-refractivity contribution in [3.8, 4) is 17.0 Å². The Morgan fingerprint density at radius 1 is 0.946 bits per heavy atom. The number of fused-ring (bicyclic) bond motifs is 1. The maximum absolute atomic E-state index is 14.1. The van der Waals surface area contributed by atoms with Crippen LogP contribution in [0.5, 0.6) is 5.75 Å². The molecule has 0 atom stereocenters. The highest BCUT2D eigenvalue weighted by Crippen LogP contribution is 2.33. The molecule has 0 bridgehead atoms. The molecule has 1 saturated heterocycles. The lowest BCUT2D eigenvalue weighted by Crippen LogP contribution is -2.48. The van der Waals surface area contributed by atoms with E-state index in [9.17, 15) is 14.0 Å². The van der Waals surface area contributed by atoms with Crippen molar-refractivity contribution < 1.29 is 18.7 Å². The molecule has 7 heteroatoms. The highest BCUT2D eigenvalue weighted by atomic mass is 19.1. The van der Waals surface area contributed by atoms with Gasteiger partial charge in [-0.2, -0.15) is 0 Å². The summed E-state index contributed by atoms with van der Waals surface area (Å²) in [5.41, 5.74) is 5.40. The number of nitrogens with one attached hydrogen (secondary N) is 1. The molecular weight excluding hydrogens is 469 g/mol. The monoisotopic (exact) mass is 499 g/mol. The van der Waals surface area contributed by atoms with Gasteiger partial charge in [-0.25, -0.2) is 4.39 Å². The van der Waals surface area contributed by atoms with Gasteiger partial charge in [0.2, 0.25) is 5.91 Å². The Bertz CT molecular complexity index is 1420. The molecule has 3 aromatic carbocycles. The van der Waals surface area contributed by atoms with Crippen LogP contribution in [-0.4, -0.2) is 54.9 Å². The zero-order valence-corrected chi connectivity index (χ0v) is 21.1. The molecule has 0 unspecified atom stereocenters. The van der Waals surface area contributed by atoms with Crippen LogP contribution in [0, 0.1) is 5.82 Å². The van der Waals surface area contributed by atoms with Gasteiger partial charge < -0.3 is 19.5 Å². The van der Waals surface area contributed by atoms with E-state index in [0.717, 1.165) is 52.3 Å². The SMILES string of the molecule is COc1ccc(-c2[nH]c3ccc(F)cc3c2CCC(=O)N2CCN(c3ccc(C(C)=O)cc3)CC2)cc1. The van der Waals surface area contributed by atoms with E-state index in [1.54, 1.807) is 20.1 Å². The molecule has 6 nitrogen and oxygen atoms in total. The van der Waals surface area contributed by atoms with Crippen molar-refractivity contribution in [2.24, 2.45) is 0 Å². The van der Waals surface area contributed by atoms with E-state index in [4.69, 9.17) is 4.74 Å². The summed E-state index contributed by atoms with van der Waals surface area (Å²) in [5, 5.41) is 0.803. The van der Waals surface area contributed by atoms with E-state index in [-0.39, 0.29) is 17.5 Å². The molecule has 0 spiro atoms. The number of hydrogen-bond donors (Lipinski definition) is 1. The van der Waals surface area contributed by atoms with E-state index in [0.29, 0.717) is 31.5 Å². The lowest BCUT2D eigenvalue weighted by atomic mass is 10.0. The first-order valence-corrected chi connectivity index (χ1v) is 12.5. The maximum Gasteiger partial charge on any atom is 0.223 e. The quantitative estimate of drug-likeness (QED) is 0.343. The molecule has 37 heavy (non-hydrogen) atoms. The van der Waals surface area contributed by atoms with Crippen LogP contribution in [0.25, 0.3) is 22.2 Å². The smallest absolute Gasteiger partial charge is 0.223 e. The molecule has 1 fully saturated rings. The second-order valence-electron chi connectivity index (χ2n) is 9.37. The molecule has 0 aliphatic carbocycles. The number of Topliss-reactive ketones (excluding diaryl/α,β-unsaturated/α-hetero) is 1. The van der Waals surface area contributed by atoms with Gasteiger partial charge in [0.15, 0.2) is 5.78 Å². The zero-order valence-electron chi connectivity index (χ0n) is 21.1. The van der Waals surface area contributed by atoms with Crippen LogP contribution in [0.15, 0.2) is 66.7 Å². The first kappa shape index (κ1) is 24.6. The van der Waals surface area contributed by atoms with Crippen molar-refractivity contribution in [1.82, 2.24) is 9.88 Å². The van der Waals surface area contributed by atoms with Gasteiger partial charge in [-0.3, -0.25) is 9.59 Å². The molecule has 1 aliphatic rings. The van der Waals surface area contributed by atoms with Crippen LogP contribution < -0.4 is 9.64 Å². The van der Waals surface area contributed by atoms with Gasteiger partial charge in [-0.15, -0.1) is 0 Å². The third-order valence-corrected chi connectivity index (χ3v) is 7.11. The van der Waals surface area contributed by atoms with Crippen molar-refractivity contribution in [3.05, 3.63) is 83.7 Å². The van der Waals surface area contributed by atoms with Crippen LogP contribution in [-0.2, 0) is 11.2 Å². The summed E-state index contributed by atoms with van der Waals surface area (Å²) in [4.78, 5) is 32.3. The second-order valence-corrected chi connectivity index (χ2v) is 9.37. The largest absolute Gasteiger partial charge is 0.497 e. The summed E-state index contributed by atoms with van der Waals surface area (Å²) in [6, 6.07) is 20.1. The number of ether oxygens (including phenoxy) is 1. The molecular formula is C30H30FN3O3. The fourth-order valence-corrected chi connectivity index (χ4v) is 4.99. The number of rotatable bonds is 7. The number of aromatic amines is 1. The number of carbonyl (C=O) groups is 2. The number of amides is 1. The van der Waals surface area contributed by atoms with Gasteiger partial charge in [0.25, 0.3) is 0 Å². The molecule has 1 amide bonds. The van der Waals surface area contributed by atoms with Gasteiger partial charge in [-0.1, -0.05) is 0 Å². The predicted octanol–water partition coefficient (Wildman–Crippen LogP) is 5.47. The number of anilines is 1.